The smallest absolute Gasteiger partial charge is 0.127 e. The van der Waals surface area contributed by atoms with Gasteiger partial charge in [-0.25, -0.2) is 0 Å². The molecule has 0 aliphatic heterocycles. The number of rotatable bonds is 3. The van der Waals surface area contributed by atoms with Crippen molar-refractivity contribution in [3.8, 4) is 0 Å². The molecule has 0 aromatic heterocycles. The molecule has 13 heavy (non-hydrogen) atoms. The Balaban J connectivity index is 2.26. The van der Waals surface area contributed by atoms with Crippen molar-refractivity contribution in [3.63, 3.8) is 0 Å². The summed E-state index contributed by atoms with van der Waals surface area (Å²) in [6.07, 6.45) is 3.49. The fourth-order valence-electron chi connectivity index (χ4n) is 1.63. The SMILES string of the molecule is O=CC(c1cccc(Br)c1)C1CC1. The van der Waals surface area contributed by atoms with E-state index in [0.717, 1.165) is 16.3 Å². The van der Waals surface area contributed by atoms with Crippen LogP contribution < -0.4 is 0 Å². The third kappa shape index (κ3) is 1.99. The van der Waals surface area contributed by atoms with Crippen molar-refractivity contribution < 1.29 is 4.79 Å². The Labute approximate surface area is 86.3 Å². The highest BCUT2D eigenvalue weighted by Crippen LogP contribution is 2.41. The highest BCUT2D eigenvalue weighted by Gasteiger charge is 2.31. The van der Waals surface area contributed by atoms with Gasteiger partial charge in [0.05, 0.1) is 0 Å². The summed E-state index contributed by atoms with van der Waals surface area (Å²) in [5.74, 6) is 0.726. The Morgan fingerprint density at radius 3 is 2.77 bits per heavy atom. The molecule has 1 nitrogen and oxygen atoms in total. The van der Waals surface area contributed by atoms with Crippen LogP contribution in [-0.4, -0.2) is 6.29 Å². The molecule has 1 aromatic rings. The molecule has 0 saturated heterocycles. The van der Waals surface area contributed by atoms with Crippen LogP contribution in [0.15, 0.2) is 28.7 Å². The molecule has 2 heteroatoms. The number of benzene rings is 1. The molecule has 1 aromatic carbocycles. The number of halogens is 1. The summed E-state index contributed by atoms with van der Waals surface area (Å²) in [4.78, 5) is 10.9. The standard InChI is InChI=1S/C11H11BrO/c12-10-3-1-2-9(6-10)11(7-13)8-4-5-8/h1-3,6-8,11H,4-5H2. The fourth-order valence-corrected chi connectivity index (χ4v) is 2.05. The minimum absolute atomic E-state index is 0.123. The summed E-state index contributed by atoms with van der Waals surface area (Å²) in [7, 11) is 0. The van der Waals surface area contributed by atoms with E-state index < -0.39 is 0 Å². The van der Waals surface area contributed by atoms with E-state index in [4.69, 9.17) is 0 Å². The molecule has 1 fully saturated rings. The number of aldehydes is 1. The van der Waals surface area contributed by atoms with Gasteiger partial charge < -0.3 is 4.79 Å². The van der Waals surface area contributed by atoms with E-state index in [-0.39, 0.29) is 5.92 Å². The lowest BCUT2D eigenvalue weighted by Crippen LogP contribution is -2.02. The summed E-state index contributed by atoms with van der Waals surface area (Å²) in [6.45, 7) is 0. The Bertz CT molecular complexity index is 318. The zero-order valence-electron chi connectivity index (χ0n) is 7.24. The van der Waals surface area contributed by atoms with Crippen molar-refractivity contribution in [2.45, 2.75) is 18.8 Å². The number of hydrogen-bond acceptors (Lipinski definition) is 1. The van der Waals surface area contributed by atoms with Gasteiger partial charge in [0.1, 0.15) is 6.29 Å². The highest BCUT2D eigenvalue weighted by atomic mass is 79.9. The van der Waals surface area contributed by atoms with Crippen LogP contribution in [0.4, 0.5) is 0 Å². The van der Waals surface area contributed by atoms with E-state index in [9.17, 15) is 4.79 Å². The third-order valence-corrected chi connectivity index (χ3v) is 3.00. The van der Waals surface area contributed by atoms with E-state index in [1.54, 1.807) is 0 Å². The molecule has 0 spiro atoms. The summed E-state index contributed by atoms with van der Waals surface area (Å²) in [5.41, 5.74) is 1.15. The first-order chi connectivity index (χ1) is 6.31. The molecular formula is C11H11BrO. The fraction of sp³-hybridized carbons (Fsp3) is 0.364. The van der Waals surface area contributed by atoms with Gasteiger partial charge in [-0.3, -0.25) is 0 Å². The largest absolute Gasteiger partial charge is 0.303 e. The lowest BCUT2D eigenvalue weighted by molar-refractivity contribution is -0.109. The van der Waals surface area contributed by atoms with Crippen LogP contribution in [-0.2, 0) is 4.79 Å². The Kier molecular flexibility index (Phi) is 2.49. The van der Waals surface area contributed by atoms with Crippen molar-refractivity contribution >= 4 is 22.2 Å². The molecule has 0 heterocycles. The zero-order chi connectivity index (χ0) is 9.26. The van der Waals surface area contributed by atoms with Crippen molar-refractivity contribution in [3.05, 3.63) is 34.3 Å². The Morgan fingerprint density at radius 2 is 2.23 bits per heavy atom. The first-order valence-electron chi connectivity index (χ1n) is 4.52. The van der Waals surface area contributed by atoms with Gasteiger partial charge in [0.25, 0.3) is 0 Å². The van der Waals surface area contributed by atoms with Crippen LogP contribution in [0, 0.1) is 5.92 Å². The van der Waals surface area contributed by atoms with E-state index >= 15 is 0 Å². The summed E-state index contributed by atoms with van der Waals surface area (Å²) >= 11 is 3.41. The molecule has 2 rings (SSSR count). The van der Waals surface area contributed by atoms with Crippen molar-refractivity contribution in [1.82, 2.24) is 0 Å². The molecule has 1 atom stereocenters. The zero-order valence-corrected chi connectivity index (χ0v) is 8.83. The molecule has 0 amide bonds. The topological polar surface area (TPSA) is 17.1 Å². The molecule has 1 saturated carbocycles. The van der Waals surface area contributed by atoms with E-state index in [2.05, 4.69) is 15.9 Å². The molecule has 68 valence electrons. The molecule has 1 aliphatic rings. The second-order valence-corrected chi connectivity index (χ2v) is 4.47. The quantitative estimate of drug-likeness (QED) is 0.740. The molecule has 0 bridgehead atoms. The first kappa shape index (κ1) is 8.95. The maximum absolute atomic E-state index is 10.9. The van der Waals surface area contributed by atoms with Crippen LogP contribution in [0.2, 0.25) is 0 Å². The minimum atomic E-state index is 0.123. The average Bonchev–Trinajstić information content (AvgIpc) is 2.90. The van der Waals surface area contributed by atoms with Gasteiger partial charge in [0.2, 0.25) is 0 Å². The Hall–Kier alpha value is -0.630. The normalized spacial score (nSPS) is 18.2. The lowest BCUT2D eigenvalue weighted by atomic mass is 9.96. The minimum Gasteiger partial charge on any atom is -0.303 e. The van der Waals surface area contributed by atoms with Crippen molar-refractivity contribution in [1.29, 1.82) is 0 Å². The first-order valence-corrected chi connectivity index (χ1v) is 5.31. The van der Waals surface area contributed by atoms with Crippen LogP contribution >= 0.6 is 15.9 Å². The van der Waals surface area contributed by atoms with Gasteiger partial charge in [-0.05, 0) is 36.5 Å². The number of carbonyl (C=O) groups is 1. The lowest BCUT2D eigenvalue weighted by Gasteiger charge is -2.08. The highest BCUT2D eigenvalue weighted by molar-refractivity contribution is 9.10. The van der Waals surface area contributed by atoms with Gasteiger partial charge in [0, 0.05) is 10.4 Å². The maximum atomic E-state index is 10.9. The van der Waals surface area contributed by atoms with Gasteiger partial charge in [-0.1, -0.05) is 28.1 Å². The van der Waals surface area contributed by atoms with Crippen LogP contribution in [0.5, 0.6) is 0 Å². The third-order valence-electron chi connectivity index (χ3n) is 2.51. The second kappa shape index (κ2) is 3.62. The van der Waals surface area contributed by atoms with Crippen LogP contribution in [0.1, 0.15) is 24.3 Å². The second-order valence-electron chi connectivity index (χ2n) is 3.55. The van der Waals surface area contributed by atoms with E-state index in [1.807, 2.05) is 24.3 Å². The predicted molar refractivity (Wildman–Crippen MR) is 55.7 cm³/mol. The van der Waals surface area contributed by atoms with E-state index in [1.165, 1.54) is 12.8 Å². The van der Waals surface area contributed by atoms with Crippen molar-refractivity contribution in [2.24, 2.45) is 5.92 Å². The van der Waals surface area contributed by atoms with Crippen molar-refractivity contribution in [2.75, 3.05) is 0 Å². The van der Waals surface area contributed by atoms with E-state index in [0.29, 0.717) is 5.92 Å². The van der Waals surface area contributed by atoms with Gasteiger partial charge in [0.15, 0.2) is 0 Å². The molecular weight excluding hydrogens is 228 g/mol. The summed E-state index contributed by atoms with van der Waals surface area (Å²) in [6, 6.07) is 8.04. The Morgan fingerprint density at radius 1 is 1.46 bits per heavy atom. The van der Waals surface area contributed by atoms with Gasteiger partial charge in [-0.15, -0.1) is 0 Å². The summed E-state index contributed by atoms with van der Waals surface area (Å²) in [5, 5.41) is 0. The van der Waals surface area contributed by atoms with Gasteiger partial charge >= 0.3 is 0 Å². The summed E-state index contributed by atoms with van der Waals surface area (Å²) < 4.78 is 1.05. The average molecular weight is 239 g/mol. The molecule has 0 radical (unpaired) electrons. The molecule has 1 aliphatic carbocycles. The van der Waals surface area contributed by atoms with Gasteiger partial charge in [-0.2, -0.15) is 0 Å². The number of carbonyl (C=O) groups excluding carboxylic acids is 1. The van der Waals surface area contributed by atoms with Crippen LogP contribution in [0.25, 0.3) is 0 Å². The predicted octanol–water partition coefficient (Wildman–Crippen LogP) is 3.14. The monoisotopic (exact) mass is 238 g/mol. The number of hydrogen-bond donors (Lipinski definition) is 0. The molecule has 0 N–H and O–H groups in total. The molecule has 1 unspecified atom stereocenters. The maximum Gasteiger partial charge on any atom is 0.127 e. The van der Waals surface area contributed by atoms with Crippen LogP contribution in [0.3, 0.4) is 0 Å².